The number of fused-ring (bicyclic) bond motifs is 1. The normalized spacial score (nSPS) is 19.2. The van der Waals surface area contributed by atoms with Gasteiger partial charge in [-0.3, -0.25) is 4.79 Å². The van der Waals surface area contributed by atoms with Gasteiger partial charge >= 0.3 is 5.97 Å². The first-order valence-corrected chi connectivity index (χ1v) is 8.37. The highest BCUT2D eigenvalue weighted by Gasteiger charge is 2.46. The molecule has 128 valence electrons. The third kappa shape index (κ3) is 2.68. The van der Waals surface area contributed by atoms with E-state index in [-0.39, 0.29) is 18.1 Å². The molecule has 0 aliphatic carbocycles. The van der Waals surface area contributed by atoms with Crippen LogP contribution >= 0.6 is 0 Å². The van der Waals surface area contributed by atoms with E-state index >= 15 is 0 Å². The van der Waals surface area contributed by atoms with Gasteiger partial charge in [-0.15, -0.1) is 0 Å². The summed E-state index contributed by atoms with van der Waals surface area (Å²) in [4.78, 5) is 30.1. The number of hydrogen-bond acceptors (Lipinski definition) is 4. The standard InChI is InChI=1S/C21H21NO3/c1-5-25-20(24)18-19(23)21(4,15-9-7-6-8-10-15)16-12-13(2)11-14(3)17(16)22-18/h6-12H,5H2,1-4H3/t21-/m0/s1. The highest BCUT2D eigenvalue weighted by Crippen LogP contribution is 2.44. The number of Topliss-reactive ketones (excluding diaryl/α,β-unsaturated/α-hetero) is 1. The predicted molar refractivity (Wildman–Crippen MR) is 97.5 cm³/mol. The second-order valence-electron chi connectivity index (χ2n) is 6.48. The first kappa shape index (κ1) is 17.1. The number of ketones is 1. The molecular formula is C21H21NO3. The maximum Gasteiger partial charge on any atom is 0.360 e. The van der Waals surface area contributed by atoms with E-state index in [1.54, 1.807) is 6.92 Å². The van der Waals surface area contributed by atoms with Crippen LogP contribution in [0.1, 0.15) is 36.1 Å². The second-order valence-corrected chi connectivity index (χ2v) is 6.48. The molecule has 0 bridgehead atoms. The quantitative estimate of drug-likeness (QED) is 0.801. The number of nitrogens with zero attached hydrogens (tertiary/aromatic N) is 1. The number of esters is 1. The number of carbonyl (C=O) groups excluding carboxylic acids is 2. The van der Waals surface area contributed by atoms with Gasteiger partial charge in [0.25, 0.3) is 0 Å². The molecule has 25 heavy (non-hydrogen) atoms. The highest BCUT2D eigenvalue weighted by molar-refractivity contribution is 6.67. The number of ether oxygens (including phenoxy) is 1. The van der Waals surface area contributed by atoms with E-state index in [1.165, 1.54) is 0 Å². The van der Waals surface area contributed by atoms with E-state index in [2.05, 4.69) is 4.99 Å². The van der Waals surface area contributed by atoms with E-state index < -0.39 is 11.4 Å². The second kappa shape index (κ2) is 6.28. The lowest BCUT2D eigenvalue weighted by Gasteiger charge is -2.34. The number of aliphatic imine (C=N–C) groups is 1. The zero-order valence-electron chi connectivity index (χ0n) is 14.9. The fourth-order valence-electron chi connectivity index (χ4n) is 3.41. The van der Waals surface area contributed by atoms with Gasteiger partial charge in [0.05, 0.1) is 17.7 Å². The molecule has 0 saturated heterocycles. The van der Waals surface area contributed by atoms with Crippen LogP contribution in [0.25, 0.3) is 0 Å². The van der Waals surface area contributed by atoms with E-state index in [1.807, 2.05) is 63.2 Å². The van der Waals surface area contributed by atoms with Crippen molar-refractivity contribution in [3.63, 3.8) is 0 Å². The van der Waals surface area contributed by atoms with Crippen molar-refractivity contribution in [2.45, 2.75) is 33.1 Å². The summed E-state index contributed by atoms with van der Waals surface area (Å²) in [5, 5.41) is 0. The van der Waals surface area contributed by atoms with E-state index in [4.69, 9.17) is 4.74 Å². The molecule has 0 amide bonds. The molecule has 1 heterocycles. The first-order valence-electron chi connectivity index (χ1n) is 8.37. The van der Waals surface area contributed by atoms with Crippen molar-refractivity contribution in [3.8, 4) is 0 Å². The van der Waals surface area contributed by atoms with E-state index in [0.717, 1.165) is 22.3 Å². The van der Waals surface area contributed by atoms with Crippen molar-refractivity contribution in [2.75, 3.05) is 6.61 Å². The van der Waals surface area contributed by atoms with Gasteiger partial charge < -0.3 is 4.74 Å². The molecule has 4 heteroatoms. The van der Waals surface area contributed by atoms with Gasteiger partial charge in [0.2, 0.25) is 5.78 Å². The van der Waals surface area contributed by atoms with Crippen molar-refractivity contribution in [2.24, 2.45) is 4.99 Å². The number of benzene rings is 2. The molecule has 0 unspecified atom stereocenters. The predicted octanol–water partition coefficient (Wildman–Crippen LogP) is 3.83. The van der Waals surface area contributed by atoms with Crippen LogP contribution in [0.4, 0.5) is 5.69 Å². The van der Waals surface area contributed by atoms with Crippen LogP contribution in [0.5, 0.6) is 0 Å². The molecule has 0 fully saturated rings. The summed E-state index contributed by atoms with van der Waals surface area (Å²) in [6.45, 7) is 7.71. The van der Waals surface area contributed by atoms with Crippen molar-refractivity contribution in [1.29, 1.82) is 0 Å². The molecule has 0 saturated carbocycles. The molecule has 1 aliphatic rings. The molecule has 3 rings (SSSR count). The molecule has 4 nitrogen and oxygen atoms in total. The molecule has 0 N–H and O–H groups in total. The monoisotopic (exact) mass is 335 g/mol. The van der Waals surface area contributed by atoms with Crippen molar-refractivity contribution in [3.05, 3.63) is 64.7 Å². The summed E-state index contributed by atoms with van der Waals surface area (Å²) in [7, 11) is 0. The van der Waals surface area contributed by atoms with Gasteiger partial charge in [0.15, 0.2) is 5.71 Å². The summed E-state index contributed by atoms with van der Waals surface area (Å²) >= 11 is 0. The number of rotatable bonds is 3. The minimum Gasteiger partial charge on any atom is -0.461 e. The summed E-state index contributed by atoms with van der Waals surface area (Å²) in [6, 6.07) is 13.5. The van der Waals surface area contributed by atoms with Crippen molar-refractivity contribution in [1.82, 2.24) is 0 Å². The molecular weight excluding hydrogens is 314 g/mol. The lowest BCUT2D eigenvalue weighted by Crippen LogP contribution is -2.45. The van der Waals surface area contributed by atoms with Gasteiger partial charge in [-0.2, -0.15) is 0 Å². The van der Waals surface area contributed by atoms with Gasteiger partial charge in [0.1, 0.15) is 0 Å². The van der Waals surface area contributed by atoms with E-state index in [0.29, 0.717) is 5.69 Å². The summed E-state index contributed by atoms with van der Waals surface area (Å²) < 4.78 is 5.07. The van der Waals surface area contributed by atoms with Crippen LogP contribution in [0.2, 0.25) is 0 Å². The Morgan fingerprint density at radius 1 is 1.16 bits per heavy atom. The zero-order valence-corrected chi connectivity index (χ0v) is 14.9. The maximum absolute atomic E-state index is 13.3. The SMILES string of the molecule is CCOC(=O)C1=Nc2c(C)cc(C)cc2[C@](C)(c2ccccc2)C1=O. The Kier molecular flexibility index (Phi) is 4.29. The molecule has 0 aromatic heterocycles. The first-order chi connectivity index (χ1) is 11.9. The Morgan fingerprint density at radius 3 is 2.48 bits per heavy atom. The molecule has 2 aromatic carbocycles. The smallest absolute Gasteiger partial charge is 0.360 e. The van der Waals surface area contributed by atoms with Crippen LogP contribution in [0, 0.1) is 13.8 Å². The largest absolute Gasteiger partial charge is 0.461 e. The Balaban J connectivity index is 2.32. The van der Waals surface area contributed by atoms with Gasteiger partial charge in [-0.05, 0) is 44.4 Å². The Labute approximate surface area is 147 Å². The summed E-state index contributed by atoms with van der Waals surface area (Å²) in [5.41, 5.74) is 3.23. The number of carbonyl (C=O) groups is 2. The highest BCUT2D eigenvalue weighted by atomic mass is 16.5. The average Bonchev–Trinajstić information content (AvgIpc) is 2.59. The minimum absolute atomic E-state index is 0.132. The zero-order chi connectivity index (χ0) is 18.2. The Hall–Kier alpha value is -2.75. The lowest BCUT2D eigenvalue weighted by molar-refractivity contribution is -0.136. The van der Waals surface area contributed by atoms with Gasteiger partial charge in [-0.25, -0.2) is 9.79 Å². The van der Waals surface area contributed by atoms with Crippen LogP contribution in [0.3, 0.4) is 0 Å². The van der Waals surface area contributed by atoms with Crippen molar-refractivity contribution < 1.29 is 14.3 Å². The summed E-state index contributed by atoms with van der Waals surface area (Å²) in [6.07, 6.45) is 0. The molecule has 1 atom stereocenters. The fraction of sp³-hybridized carbons (Fsp3) is 0.286. The van der Waals surface area contributed by atoms with Crippen LogP contribution in [0.15, 0.2) is 47.5 Å². The summed E-state index contributed by atoms with van der Waals surface area (Å²) in [5.74, 6) is -0.991. The lowest BCUT2D eigenvalue weighted by atomic mass is 9.69. The average molecular weight is 335 g/mol. The van der Waals surface area contributed by atoms with Gasteiger partial charge in [0, 0.05) is 0 Å². The molecule has 2 aromatic rings. The topological polar surface area (TPSA) is 55.7 Å². The van der Waals surface area contributed by atoms with Gasteiger partial charge in [-0.1, -0.05) is 48.0 Å². The fourth-order valence-corrected chi connectivity index (χ4v) is 3.41. The van der Waals surface area contributed by atoms with Crippen LogP contribution in [-0.2, 0) is 19.7 Å². The van der Waals surface area contributed by atoms with Crippen molar-refractivity contribution >= 4 is 23.2 Å². The molecule has 0 radical (unpaired) electrons. The van der Waals surface area contributed by atoms with Crippen LogP contribution < -0.4 is 0 Å². The van der Waals surface area contributed by atoms with E-state index in [9.17, 15) is 9.59 Å². The third-order valence-electron chi connectivity index (χ3n) is 4.70. The number of aryl methyl sites for hydroxylation is 2. The minimum atomic E-state index is -0.975. The Bertz CT molecular complexity index is 884. The maximum atomic E-state index is 13.3. The Morgan fingerprint density at radius 2 is 1.84 bits per heavy atom. The molecule has 1 aliphatic heterocycles. The molecule has 0 spiro atoms. The third-order valence-corrected chi connectivity index (χ3v) is 4.70. The number of hydrogen-bond donors (Lipinski definition) is 0. The van der Waals surface area contributed by atoms with Crippen LogP contribution in [-0.4, -0.2) is 24.1 Å².